The zero-order valence-electron chi connectivity index (χ0n) is 18.4. The van der Waals surface area contributed by atoms with Gasteiger partial charge in [0.1, 0.15) is 11.3 Å². The van der Waals surface area contributed by atoms with Crippen molar-refractivity contribution in [3.05, 3.63) is 46.0 Å². The third-order valence-corrected chi connectivity index (χ3v) is 6.45. The second-order valence-electron chi connectivity index (χ2n) is 8.67. The molecule has 0 radical (unpaired) electrons. The van der Waals surface area contributed by atoms with Crippen molar-refractivity contribution in [2.24, 2.45) is 0 Å². The summed E-state index contributed by atoms with van der Waals surface area (Å²) in [6.45, 7) is 7.31. The van der Waals surface area contributed by atoms with Gasteiger partial charge in [-0.2, -0.15) is 0 Å². The molecule has 3 rings (SSSR count). The molecule has 0 spiro atoms. The number of thioether (sulfide) groups is 1. The van der Waals surface area contributed by atoms with E-state index in [9.17, 15) is 14.7 Å². The van der Waals surface area contributed by atoms with E-state index in [0.717, 1.165) is 24.4 Å². The Hall–Kier alpha value is -1.74. The first kappa shape index (κ1) is 25.5. The number of ether oxygens (including phenoxy) is 1. The number of hydrogen-bond acceptors (Lipinski definition) is 6. The standard InChI is InChI=1S/C22H31N3O4S.ClH/c1-22(2,3)29-21(28)25-10-9-18(19(25)20(26)27)30-16-11-17(24-13-16)15-7-5-14(6-8-15)12-23-4;/h5-8,16-17,23-24H,9-13H2,1-4H3,(H,26,27);1H/t16-,17-;/m0./s1. The van der Waals surface area contributed by atoms with Gasteiger partial charge >= 0.3 is 12.1 Å². The Morgan fingerprint density at radius 1 is 1.29 bits per heavy atom. The molecular formula is C22H32ClN3O4S. The highest BCUT2D eigenvalue weighted by molar-refractivity contribution is 8.03. The number of carbonyl (C=O) groups excluding carboxylic acids is 1. The third kappa shape index (κ3) is 6.62. The molecule has 2 atom stereocenters. The van der Waals surface area contributed by atoms with Crippen LogP contribution in [0.3, 0.4) is 0 Å². The molecule has 1 amide bonds. The van der Waals surface area contributed by atoms with Gasteiger partial charge in [-0.3, -0.25) is 4.90 Å². The molecule has 0 bridgehead atoms. The van der Waals surface area contributed by atoms with Crippen LogP contribution in [0.5, 0.6) is 0 Å². The molecule has 2 aliphatic rings. The summed E-state index contributed by atoms with van der Waals surface area (Å²) < 4.78 is 5.39. The van der Waals surface area contributed by atoms with Gasteiger partial charge in [0.25, 0.3) is 0 Å². The summed E-state index contributed by atoms with van der Waals surface area (Å²) in [6, 6.07) is 8.82. The van der Waals surface area contributed by atoms with Crippen molar-refractivity contribution in [2.45, 2.75) is 57.1 Å². The van der Waals surface area contributed by atoms with Crippen LogP contribution in [0.25, 0.3) is 0 Å². The van der Waals surface area contributed by atoms with E-state index in [0.29, 0.717) is 13.0 Å². The van der Waals surface area contributed by atoms with Gasteiger partial charge in [-0.15, -0.1) is 24.2 Å². The molecule has 0 aromatic heterocycles. The van der Waals surface area contributed by atoms with Crippen LogP contribution in [-0.4, -0.2) is 53.1 Å². The van der Waals surface area contributed by atoms with Crippen molar-refractivity contribution in [1.29, 1.82) is 0 Å². The topological polar surface area (TPSA) is 90.9 Å². The molecule has 1 aromatic rings. The van der Waals surface area contributed by atoms with E-state index in [1.807, 2.05) is 7.05 Å². The molecule has 172 valence electrons. The molecule has 0 aliphatic carbocycles. The smallest absolute Gasteiger partial charge is 0.415 e. The lowest BCUT2D eigenvalue weighted by Gasteiger charge is -2.25. The number of nitrogens with one attached hydrogen (secondary N) is 2. The molecule has 1 aromatic carbocycles. The normalized spacial score (nSPS) is 21.2. The monoisotopic (exact) mass is 469 g/mol. The number of halogens is 1. The Kier molecular flexibility index (Phi) is 8.83. The van der Waals surface area contributed by atoms with Crippen molar-refractivity contribution < 1.29 is 19.4 Å². The van der Waals surface area contributed by atoms with Gasteiger partial charge in [0.2, 0.25) is 0 Å². The maximum absolute atomic E-state index is 12.4. The van der Waals surface area contributed by atoms with Crippen molar-refractivity contribution in [2.75, 3.05) is 20.1 Å². The zero-order chi connectivity index (χ0) is 21.9. The van der Waals surface area contributed by atoms with E-state index >= 15 is 0 Å². The number of aliphatic carboxylic acids is 1. The first-order valence-electron chi connectivity index (χ1n) is 10.3. The fourth-order valence-electron chi connectivity index (χ4n) is 3.76. The summed E-state index contributed by atoms with van der Waals surface area (Å²) in [4.78, 5) is 26.4. The summed E-state index contributed by atoms with van der Waals surface area (Å²) in [6.07, 6.45) is 0.865. The van der Waals surface area contributed by atoms with Crippen LogP contribution in [0.2, 0.25) is 0 Å². The minimum absolute atomic E-state index is 0. The lowest BCUT2D eigenvalue weighted by molar-refractivity contribution is -0.134. The highest BCUT2D eigenvalue weighted by atomic mass is 35.5. The lowest BCUT2D eigenvalue weighted by Crippen LogP contribution is -2.36. The second-order valence-corrected chi connectivity index (χ2v) is 10.1. The first-order chi connectivity index (χ1) is 14.2. The van der Waals surface area contributed by atoms with Crippen molar-refractivity contribution in [3.63, 3.8) is 0 Å². The van der Waals surface area contributed by atoms with Crippen LogP contribution in [0, 0.1) is 0 Å². The SMILES string of the molecule is CNCc1ccc([C@@H]2C[C@H](SC3=C(C(=O)O)N(C(=O)OC(C)(C)C)CC3)CN2)cc1.Cl. The van der Waals surface area contributed by atoms with E-state index in [1.54, 1.807) is 32.5 Å². The van der Waals surface area contributed by atoms with Gasteiger partial charge in [0.05, 0.1) is 0 Å². The number of benzene rings is 1. The number of nitrogens with zero attached hydrogens (tertiary/aromatic N) is 1. The van der Waals surface area contributed by atoms with Crippen LogP contribution in [0.4, 0.5) is 4.79 Å². The number of hydrogen-bond donors (Lipinski definition) is 3. The van der Waals surface area contributed by atoms with Crippen LogP contribution in [-0.2, 0) is 16.1 Å². The average molecular weight is 470 g/mol. The highest BCUT2D eigenvalue weighted by Gasteiger charge is 2.37. The van der Waals surface area contributed by atoms with Gasteiger partial charge in [0.15, 0.2) is 0 Å². The molecule has 1 fully saturated rings. The van der Waals surface area contributed by atoms with E-state index in [4.69, 9.17) is 4.74 Å². The molecule has 31 heavy (non-hydrogen) atoms. The summed E-state index contributed by atoms with van der Waals surface area (Å²) in [7, 11) is 1.93. The van der Waals surface area contributed by atoms with Gasteiger partial charge in [-0.05, 0) is 51.8 Å². The zero-order valence-corrected chi connectivity index (χ0v) is 20.1. The molecule has 2 aliphatic heterocycles. The van der Waals surface area contributed by atoms with Gasteiger partial charge in [0, 0.05) is 35.8 Å². The summed E-state index contributed by atoms with van der Waals surface area (Å²) in [5.74, 6) is -1.08. The Labute approximate surface area is 194 Å². The van der Waals surface area contributed by atoms with Crippen LogP contribution in [0.15, 0.2) is 34.9 Å². The number of carbonyl (C=O) groups is 2. The van der Waals surface area contributed by atoms with Crippen molar-refractivity contribution in [1.82, 2.24) is 15.5 Å². The minimum atomic E-state index is -1.08. The Balaban J connectivity index is 0.00000341. The van der Waals surface area contributed by atoms with E-state index < -0.39 is 17.7 Å². The second kappa shape index (κ2) is 10.7. The largest absolute Gasteiger partial charge is 0.477 e. The number of carboxylic acids is 1. The van der Waals surface area contributed by atoms with Crippen molar-refractivity contribution >= 4 is 36.2 Å². The maximum Gasteiger partial charge on any atom is 0.415 e. The summed E-state index contributed by atoms with van der Waals surface area (Å²) >= 11 is 1.58. The summed E-state index contributed by atoms with van der Waals surface area (Å²) in [5, 5.41) is 16.7. The maximum atomic E-state index is 12.4. The van der Waals surface area contributed by atoms with Gasteiger partial charge in [-0.1, -0.05) is 24.3 Å². The lowest BCUT2D eigenvalue weighted by atomic mass is 10.0. The van der Waals surface area contributed by atoms with E-state index in [1.165, 1.54) is 16.0 Å². The molecule has 3 N–H and O–H groups in total. The van der Waals surface area contributed by atoms with Crippen LogP contribution in [0.1, 0.15) is 50.8 Å². The minimum Gasteiger partial charge on any atom is -0.477 e. The van der Waals surface area contributed by atoms with Crippen LogP contribution >= 0.6 is 24.2 Å². The predicted octanol–water partition coefficient (Wildman–Crippen LogP) is 3.90. The number of amides is 1. The van der Waals surface area contributed by atoms with E-state index in [2.05, 4.69) is 34.9 Å². The van der Waals surface area contributed by atoms with Gasteiger partial charge < -0.3 is 20.5 Å². The van der Waals surface area contributed by atoms with Gasteiger partial charge in [-0.25, -0.2) is 9.59 Å². The molecule has 9 heteroatoms. The third-order valence-electron chi connectivity index (χ3n) is 5.08. The number of carboxylic acid groups (broad SMARTS) is 1. The Morgan fingerprint density at radius 3 is 2.55 bits per heavy atom. The number of rotatable bonds is 6. The summed E-state index contributed by atoms with van der Waals surface area (Å²) in [5.41, 5.74) is 1.89. The fourth-order valence-corrected chi connectivity index (χ4v) is 5.15. The Morgan fingerprint density at radius 2 is 1.97 bits per heavy atom. The van der Waals surface area contributed by atoms with E-state index in [-0.39, 0.29) is 29.4 Å². The molecule has 0 unspecified atom stereocenters. The fraction of sp³-hybridized carbons (Fsp3) is 0.545. The highest BCUT2D eigenvalue weighted by Crippen LogP contribution is 2.40. The quantitative estimate of drug-likeness (QED) is 0.582. The average Bonchev–Trinajstić information content (AvgIpc) is 3.29. The van der Waals surface area contributed by atoms with Crippen LogP contribution < -0.4 is 10.6 Å². The molecule has 2 heterocycles. The predicted molar refractivity (Wildman–Crippen MR) is 125 cm³/mol. The molecular weight excluding hydrogens is 438 g/mol. The molecule has 7 nitrogen and oxygen atoms in total. The molecule has 1 saturated heterocycles. The Bertz CT molecular complexity index is 823. The first-order valence-corrected chi connectivity index (χ1v) is 11.2. The van der Waals surface area contributed by atoms with Crippen molar-refractivity contribution in [3.8, 4) is 0 Å². The molecule has 0 saturated carbocycles.